The number of rotatable bonds is 5. The molecule has 0 bridgehead atoms. The summed E-state index contributed by atoms with van der Waals surface area (Å²) in [5, 5.41) is 12.0. The Morgan fingerprint density at radius 3 is 2.57 bits per heavy atom. The van der Waals surface area contributed by atoms with Crippen LogP contribution in [0, 0.1) is 5.95 Å². The van der Waals surface area contributed by atoms with Gasteiger partial charge in [0.25, 0.3) is 5.91 Å². The fraction of sp³-hybridized carbons (Fsp3) is 0.308. The van der Waals surface area contributed by atoms with E-state index < -0.39 is 12.0 Å². The van der Waals surface area contributed by atoms with Crippen LogP contribution in [0.4, 0.5) is 20.7 Å². The Labute approximate surface area is 212 Å². The molecular formula is C26H27FN6O4. The van der Waals surface area contributed by atoms with Crippen LogP contribution in [0.2, 0.25) is 0 Å². The molecule has 2 aliphatic rings. The quantitative estimate of drug-likeness (QED) is 0.481. The molecule has 2 amide bonds. The van der Waals surface area contributed by atoms with E-state index in [0.717, 1.165) is 29.2 Å². The van der Waals surface area contributed by atoms with Gasteiger partial charge in [0.15, 0.2) is 5.82 Å². The van der Waals surface area contributed by atoms with E-state index in [1.165, 1.54) is 7.05 Å². The van der Waals surface area contributed by atoms with Crippen LogP contribution in [0.5, 0.6) is 0 Å². The van der Waals surface area contributed by atoms with Gasteiger partial charge in [-0.2, -0.15) is 9.37 Å². The highest BCUT2D eigenvalue weighted by Gasteiger charge is 2.27. The van der Waals surface area contributed by atoms with Crippen LogP contribution in [-0.2, 0) is 11.2 Å². The molecule has 3 heterocycles. The number of nitrogens with one attached hydrogen (secondary N) is 1. The molecule has 0 spiro atoms. The van der Waals surface area contributed by atoms with Crippen molar-refractivity contribution in [1.29, 1.82) is 0 Å². The molecule has 0 saturated carbocycles. The molecule has 3 aromatic rings. The minimum atomic E-state index is -1.08. The zero-order valence-corrected chi connectivity index (χ0v) is 20.3. The van der Waals surface area contributed by atoms with Crippen molar-refractivity contribution in [1.82, 2.24) is 20.2 Å². The predicted molar refractivity (Wildman–Crippen MR) is 136 cm³/mol. The van der Waals surface area contributed by atoms with Crippen LogP contribution in [0.3, 0.4) is 0 Å². The third kappa shape index (κ3) is 5.03. The van der Waals surface area contributed by atoms with Gasteiger partial charge in [0, 0.05) is 49.1 Å². The molecular weight excluding hydrogens is 479 g/mol. The Morgan fingerprint density at radius 1 is 1.16 bits per heavy atom. The Morgan fingerprint density at radius 2 is 1.86 bits per heavy atom. The number of carbonyl (C=O) groups is 2. The second-order valence-corrected chi connectivity index (χ2v) is 9.15. The number of carbonyl (C=O) groups excluding carboxylic acids is 1. The molecule has 37 heavy (non-hydrogen) atoms. The summed E-state index contributed by atoms with van der Waals surface area (Å²) in [5.74, 6) is -1.11. The number of likely N-dealkylation sites (N-methyl/N-ethyl adjacent to an activating group) is 1. The van der Waals surface area contributed by atoms with E-state index in [2.05, 4.69) is 20.2 Å². The maximum absolute atomic E-state index is 14.9. The van der Waals surface area contributed by atoms with E-state index in [-0.39, 0.29) is 30.0 Å². The molecule has 5 rings (SSSR count). The van der Waals surface area contributed by atoms with E-state index in [1.807, 2.05) is 12.1 Å². The summed E-state index contributed by atoms with van der Waals surface area (Å²) >= 11 is 0. The van der Waals surface area contributed by atoms with Crippen LogP contribution in [0.1, 0.15) is 15.9 Å². The lowest BCUT2D eigenvalue weighted by Crippen LogP contribution is -2.48. The molecule has 1 fully saturated rings. The van der Waals surface area contributed by atoms with Crippen LogP contribution in [0.25, 0.3) is 22.5 Å². The normalized spacial score (nSPS) is 17.2. The smallest absolute Gasteiger partial charge is 0.407 e. The van der Waals surface area contributed by atoms with Gasteiger partial charge in [0.1, 0.15) is 11.4 Å². The number of halogens is 1. The first-order valence-corrected chi connectivity index (χ1v) is 11.9. The van der Waals surface area contributed by atoms with E-state index in [9.17, 15) is 14.0 Å². The van der Waals surface area contributed by atoms with Crippen LogP contribution < -0.4 is 16.0 Å². The number of benzene rings is 2. The summed E-state index contributed by atoms with van der Waals surface area (Å²) in [7, 11) is 1.45. The fourth-order valence-electron chi connectivity index (χ4n) is 4.70. The van der Waals surface area contributed by atoms with Crippen molar-refractivity contribution in [3.05, 3.63) is 59.5 Å². The molecule has 192 valence electrons. The predicted octanol–water partition coefficient (Wildman–Crippen LogP) is 2.63. The Kier molecular flexibility index (Phi) is 6.62. The van der Waals surface area contributed by atoms with Crippen molar-refractivity contribution in [2.24, 2.45) is 0 Å². The number of ether oxygens (including phenoxy) is 1. The van der Waals surface area contributed by atoms with Gasteiger partial charge in [-0.15, -0.1) is 0 Å². The van der Waals surface area contributed by atoms with E-state index in [1.54, 1.807) is 30.3 Å². The van der Waals surface area contributed by atoms with Gasteiger partial charge in [-0.25, -0.2) is 9.78 Å². The average Bonchev–Trinajstić information content (AvgIpc) is 2.89. The number of amides is 2. The molecule has 0 radical (unpaired) electrons. The molecule has 1 atom stereocenters. The third-order valence-electron chi connectivity index (χ3n) is 6.64. The van der Waals surface area contributed by atoms with Crippen molar-refractivity contribution in [2.75, 3.05) is 50.5 Å². The Bertz CT molecular complexity index is 1340. The molecule has 0 aliphatic carbocycles. The van der Waals surface area contributed by atoms with E-state index in [4.69, 9.17) is 15.6 Å². The maximum atomic E-state index is 14.9. The van der Waals surface area contributed by atoms with Gasteiger partial charge in [-0.1, -0.05) is 18.2 Å². The van der Waals surface area contributed by atoms with Crippen molar-refractivity contribution in [2.45, 2.75) is 12.5 Å². The largest absolute Gasteiger partial charge is 0.465 e. The molecule has 1 unspecified atom stereocenters. The molecule has 1 saturated heterocycles. The number of fused-ring (bicyclic) bond motifs is 1. The number of nitrogen functional groups attached to an aromatic ring is 1. The van der Waals surface area contributed by atoms with Gasteiger partial charge in [0.2, 0.25) is 5.95 Å². The lowest BCUT2D eigenvalue weighted by atomic mass is 9.92. The molecule has 1 aromatic heterocycles. The summed E-state index contributed by atoms with van der Waals surface area (Å²) in [5.41, 5.74) is 9.85. The number of anilines is 2. The second-order valence-electron chi connectivity index (χ2n) is 9.15. The summed E-state index contributed by atoms with van der Waals surface area (Å²) in [6.45, 7) is 3.08. The van der Waals surface area contributed by atoms with Gasteiger partial charge in [0.05, 0.1) is 19.3 Å². The fourth-order valence-corrected chi connectivity index (χ4v) is 4.70. The lowest BCUT2D eigenvalue weighted by molar-refractivity contribution is 0.0909. The lowest BCUT2D eigenvalue weighted by Gasteiger charge is -2.29. The van der Waals surface area contributed by atoms with Gasteiger partial charge in [-0.05, 0) is 36.2 Å². The first-order valence-electron chi connectivity index (χ1n) is 11.9. The molecule has 2 aromatic carbocycles. The van der Waals surface area contributed by atoms with Crippen molar-refractivity contribution in [3.8, 4) is 22.5 Å². The van der Waals surface area contributed by atoms with Crippen molar-refractivity contribution < 1.29 is 23.8 Å². The van der Waals surface area contributed by atoms with Crippen molar-refractivity contribution >= 4 is 23.5 Å². The molecule has 4 N–H and O–H groups in total. The number of aromatic nitrogens is 2. The van der Waals surface area contributed by atoms with Gasteiger partial charge >= 0.3 is 6.09 Å². The first-order chi connectivity index (χ1) is 17.8. The minimum Gasteiger partial charge on any atom is -0.465 e. The highest BCUT2D eigenvalue weighted by Crippen LogP contribution is 2.31. The number of morpholine rings is 1. The van der Waals surface area contributed by atoms with Crippen LogP contribution in [0.15, 0.2) is 42.5 Å². The molecule has 11 heteroatoms. The summed E-state index contributed by atoms with van der Waals surface area (Å²) in [6, 6.07) is 12.2. The van der Waals surface area contributed by atoms with E-state index >= 15 is 0 Å². The number of nitrogens with zero attached hydrogens (tertiary/aromatic N) is 4. The topological polar surface area (TPSA) is 134 Å². The van der Waals surface area contributed by atoms with E-state index in [0.29, 0.717) is 42.0 Å². The zero-order valence-electron chi connectivity index (χ0n) is 20.3. The summed E-state index contributed by atoms with van der Waals surface area (Å²) in [6.07, 6.45) is -0.648. The van der Waals surface area contributed by atoms with Gasteiger partial charge in [-0.3, -0.25) is 4.79 Å². The van der Waals surface area contributed by atoms with Crippen LogP contribution >= 0.6 is 0 Å². The number of hydrogen-bond acceptors (Lipinski definition) is 7. The first kappa shape index (κ1) is 24.4. The third-order valence-corrected chi connectivity index (χ3v) is 6.64. The maximum Gasteiger partial charge on any atom is 0.407 e. The van der Waals surface area contributed by atoms with Crippen molar-refractivity contribution in [3.63, 3.8) is 0 Å². The highest BCUT2D eigenvalue weighted by molar-refractivity contribution is 5.97. The molecule has 10 nitrogen and oxygen atoms in total. The highest BCUT2D eigenvalue weighted by atomic mass is 19.1. The van der Waals surface area contributed by atoms with Crippen LogP contribution in [-0.4, -0.2) is 77.9 Å². The number of nitrogens with two attached hydrogens (primary N) is 1. The molecule has 2 aliphatic heterocycles. The Hall–Kier alpha value is -4.25. The average molecular weight is 507 g/mol. The van der Waals surface area contributed by atoms with Gasteiger partial charge < -0.3 is 30.7 Å². The SMILES string of the molecule is CN(CC1Cc2cc(-c3nc(-c4ccc(N5CCOCC5)cc4)c(F)nc3N)ccc2C(=O)N1)C(=O)O. The zero-order chi connectivity index (χ0) is 26.1. The standard InChI is InChI=1S/C26H27FN6O4/c1-32(26(35)36)14-18-13-17-12-16(4-7-20(17)25(34)29-18)22-24(28)31-23(27)21(30-22)15-2-5-19(6-3-15)33-8-10-37-11-9-33/h2-7,12,18H,8-11,13-14H2,1H3,(H2,28,31)(H,29,34)(H,35,36). The summed E-state index contributed by atoms with van der Waals surface area (Å²) < 4.78 is 20.3. The number of carboxylic acid groups (broad SMARTS) is 1. The Balaban J connectivity index is 1.44. The summed E-state index contributed by atoms with van der Waals surface area (Å²) in [4.78, 5) is 35.6. The monoisotopic (exact) mass is 506 g/mol. The number of hydrogen-bond donors (Lipinski definition) is 3. The minimum absolute atomic E-state index is 0.0615. The second kappa shape index (κ2) is 10.0.